The normalized spacial score (nSPS) is 15.6. The lowest BCUT2D eigenvalue weighted by atomic mass is 10.0. The molecule has 1 saturated heterocycles. The second kappa shape index (κ2) is 8.00. The van der Waals surface area contributed by atoms with Crippen LogP contribution in [0.3, 0.4) is 0 Å². The first-order chi connectivity index (χ1) is 13.4. The number of methoxy groups -OCH3 is 2. The lowest BCUT2D eigenvalue weighted by molar-refractivity contribution is -0.122. The van der Waals surface area contributed by atoms with Crippen molar-refractivity contribution in [1.29, 1.82) is 0 Å². The minimum absolute atomic E-state index is 0.00451. The smallest absolute Gasteiger partial charge is 0.270 e. The van der Waals surface area contributed by atoms with Crippen LogP contribution in [0.4, 0.5) is 5.69 Å². The van der Waals surface area contributed by atoms with Crippen molar-refractivity contribution in [3.63, 3.8) is 0 Å². The molecule has 2 aromatic carbocycles. The fourth-order valence-electron chi connectivity index (χ4n) is 2.82. The number of hydrogen-bond donors (Lipinski definition) is 1. The molecule has 0 radical (unpaired) electrons. The quantitative estimate of drug-likeness (QED) is 0.469. The van der Waals surface area contributed by atoms with E-state index in [1.54, 1.807) is 43.3 Å². The highest BCUT2D eigenvalue weighted by Gasteiger charge is 2.35. The highest BCUT2D eigenvalue weighted by molar-refractivity contribution is 7.80. The number of carbonyl (C=O) groups is 2. The molecule has 144 valence electrons. The number of ether oxygens (including phenoxy) is 2. The first-order valence-electron chi connectivity index (χ1n) is 8.26. The summed E-state index contributed by atoms with van der Waals surface area (Å²) < 4.78 is 10.5. The molecule has 2 aromatic rings. The maximum Gasteiger partial charge on any atom is 0.270 e. The monoisotopic (exact) mass is 416 g/mol. The summed E-state index contributed by atoms with van der Waals surface area (Å²) in [6, 6.07) is 10.2. The third-order valence-corrected chi connectivity index (χ3v) is 5.01. The molecule has 1 aliphatic rings. The Morgan fingerprint density at radius 2 is 1.89 bits per heavy atom. The van der Waals surface area contributed by atoms with E-state index in [0.717, 1.165) is 0 Å². The topological polar surface area (TPSA) is 67.9 Å². The van der Waals surface area contributed by atoms with Gasteiger partial charge in [-0.25, -0.2) is 0 Å². The molecule has 1 aliphatic heterocycles. The van der Waals surface area contributed by atoms with Crippen molar-refractivity contribution < 1.29 is 19.1 Å². The SMILES string of the molecule is COc1ccc(OC)c(C=C2C(=O)NC(=S)N(c3cccc(Cl)c3C)C2=O)c1. The fraction of sp³-hybridized carbons (Fsp3) is 0.150. The Bertz CT molecular complexity index is 1020. The predicted molar refractivity (Wildman–Crippen MR) is 112 cm³/mol. The standard InChI is InChI=1S/C20H17ClN2O4S/c1-11-15(21)5-4-6-16(11)23-19(25)14(18(24)22-20(23)28)10-12-9-13(26-2)7-8-17(12)27-3/h4-10H,1-3H3,(H,22,24,28). The third kappa shape index (κ3) is 3.58. The molecule has 2 amide bonds. The average Bonchev–Trinajstić information content (AvgIpc) is 2.68. The summed E-state index contributed by atoms with van der Waals surface area (Å²) in [5.41, 5.74) is 1.62. The number of thiocarbonyl (C=S) groups is 1. The van der Waals surface area contributed by atoms with Gasteiger partial charge < -0.3 is 9.47 Å². The number of benzene rings is 2. The summed E-state index contributed by atoms with van der Waals surface area (Å²) in [6.07, 6.45) is 1.45. The molecule has 0 saturated carbocycles. The lowest BCUT2D eigenvalue weighted by Crippen LogP contribution is -2.54. The van der Waals surface area contributed by atoms with Crippen molar-refractivity contribution in [1.82, 2.24) is 5.32 Å². The molecule has 1 fully saturated rings. The summed E-state index contributed by atoms with van der Waals surface area (Å²) in [5, 5.41) is 3.04. The van der Waals surface area contributed by atoms with Gasteiger partial charge in [-0.1, -0.05) is 17.7 Å². The van der Waals surface area contributed by atoms with Crippen LogP contribution in [0, 0.1) is 6.92 Å². The van der Waals surface area contributed by atoms with Crippen molar-refractivity contribution in [2.75, 3.05) is 19.1 Å². The number of anilines is 1. The van der Waals surface area contributed by atoms with Gasteiger partial charge in [0.2, 0.25) is 0 Å². The van der Waals surface area contributed by atoms with E-state index < -0.39 is 11.8 Å². The van der Waals surface area contributed by atoms with E-state index in [1.165, 1.54) is 25.2 Å². The molecule has 6 nitrogen and oxygen atoms in total. The number of carbonyl (C=O) groups excluding carboxylic acids is 2. The third-order valence-electron chi connectivity index (χ3n) is 4.32. The largest absolute Gasteiger partial charge is 0.497 e. The molecule has 0 aromatic heterocycles. The van der Waals surface area contributed by atoms with Crippen molar-refractivity contribution in [3.8, 4) is 11.5 Å². The van der Waals surface area contributed by atoms with Crippen molar-refractivity contribution in [3.05, 3.63) is 58.1 Å². The average molecular weight is 417 g/mol. The molecule has 0 atom stereocenters. The molecule has 28 heavy (non-hydrogen) atoms. The Balaban J connectivity index is 2.11. The van der Waals surface area contributed by atoms with E-state index in [0.29, 0.717) is 33.3 Å². The summed E-state index contributed by atoms with van der Waals surface area (Å²) in [7, 11) is 3.03. The molecule has 3 rings (SSSR count). The molecular weight excluding hydrogens is 400 g/mol. The molecule has 8 heteroatoms. The van der Waals surface area contributed by atoms with Crippen LogP contribution in [-0.2, 0) is 9.59 Å². The fourth-order valence-corrected chi connectivity index (χ4v) is 3.27. The predicted octanol–water partition coefficient (Wildman–Crippen LogP) is 3.50. The van der Waals surface area contributed by atoms with Gasteiger partial charge in [0.15, 0.2) is 5.11 Å². The van der Waals surface area contributed by atoms with Crippen LogP contribution in [0.2, 0.25) is 5.02 Å². The number of nitrogens with zero attached hydrogens (tertiary/aromatic N) is 1. The van der Waals surface area contributed by atoms with Crippen LogP contribution in [0.25, 0.3) is 6.08 Å². The zero-order valence-corrected chi connectivity index (χ0v) is 17.0. The Hall–Kier alpha value is -2.90. The second-order valence-corrected chi connectivity index (χ2v) is 6.74. The summed E-state index contributed by atoms with van der Waals surface area (Å²) in [6.45, 7) is 1.78. The molecule has 0 aliphatic carbocycles. The highest BCUT2D eigenvalue weighted by atomic mass is 35.5. The van der Waals surface area contributed by atoms with Crippen molar-refractivity contribution in [2.24, 2.45) is 0 Å². The van der Waals surface area contributed by atoms with E-state index in [9.17, 15) is 9.59 Å². The van der Waals surface area contributed by atoms with E-state index in [2.05, 4.69) is 5.32 Å². The number of amides is 2. The van der Waals surface area contributed by atoms with Gasteiger partial charge in [-0.2, -0.15) is 0 Å². The minimum Gasteiger partial charge on any atom is -0.497 e. The second-order valence-electron chi connectivity index (χ2n) is 5.95. The molecule has 1 heterocycles. The van der Waals surface area contributed by atoms with E-state index in [1.807, 2.05) is 0 Å². The highest BCUT2D eigenvalue weighted by Crippen LogP contribution is 2.31. The first-order valence-corrected chi connectivity index (χ1v) is 9.04. The van der Waals surface area contributed by atoms with Gasteiger partial charge in [0, 0.05) is 10.6 Å². The van der Waals surface area contributed by atoms with Gasteiger partial charge >= 0.3 is 0 Å². The number of rotatable bonds is 4. The maximum atomic E-state index is 13.2. The zero-order valence-electron chi connectivity index (χ0n) is 15.4. The van der Waals surface area contributed by atoms with Crippen LogP contribution >= 0.6 is 23.8 Å². The Morgan fingerprint density at radius 1 is 1.14 bits per heavy atom. The van der Waals surface area contributed by atoms with Gasteiger partial charge in [-0.15, -0.1) is 0 Å². The van der Waals surface area contributed by atoms with Crippen LogP contribution in [0.5, 0.6) is 11.5 Å². The summed E-state index contributed by atoms with van der Waals surface area (Å²) >= 11 is 11.4. The van der Waals surface area contributed by atoms with Gasteiger partial charge in [0.25, 0.3) is 11.8 Å². The Kier molecular flexibility index (Phi) is 5.67. The van der Waals surface area contributed by atoms with E-state index in [4.69, 9.17) is 33.3 Å². The number of hydrogen-bond acceptors (Lipinski definition) is 5. The summed E-state index contributed by atoms with van der Waals surface area (Å²) in [4.78, 5) is 26.9. The van der Waals surface area contributed by atoms with E-state index in [-0.39, 0.29) is 10.7 Å². The minimum atomic E-state index is -0.587. The number of halogens is 1. The molecule has 0 spiro atoms. The van der Waals surface area contributed by atoms with Crippen molar-refractivity contribution >= 4 is 52.5 Å². The Morgan fingerprint density at radius 3 is 2.57 bits per heavy atom. The lowest BCUT2D eigenvalue weighted by Gasteiger charge is -2.30. The molecule has 0 unspecified atom stereocenters. The summed E-state index contributed by atoms with van der Waals surface area (Å²) in [5.74, 6) is -0.0818. The Labute approximate surface area is 172 Å². The molecule has 0 bridgehead atoms. The first kappa shape index (κ1) is 19.9. The maximum absolute atomic E-state index is 13.2. The van der Waals surface area contributed by atoms with Crippen molar-refractivity contribution in [2.45, 2.75) is 6.92 Å². The van der Waals surface area contributed by atoms with Gasteiger partial charge in [0.05, 0.1) is 19.9 Å². The molecule has 1 N–H and O–H groups in total. The molecular formula is C20H17ClN2O4S. The van der Waals surface area contributed by atoms with Gasteiger partial charge in [-0.05, 0) is 61.1 Å². The van der Waals surface area contributed by atoms with Crippen LogP contribution in [0.15, 0.2) is 42.0 Å². The van der Waals surface area contributed by atoms with Gasteiger partial charge in [0.1, 0.15) is 17.1 Å². The van der Waals surface area contributed by atoms with Gasteiger partial charge in [-0.3, -0.25) is 19.8 Å². The number of nitrogens with one attached hydrogen (secondary N) is 1. The van der Waals surface area contributed by atoms with Crippen LogP contribution in [0.1, 0.15) is 11.1 Å². The van der Waals surface area contributed by atoms with Crippen LogP contribution in [-0.4, -0.2) is 31.1 Å². The van der Waals surface area contributed by atoms with E-state index >= 15 is 0 Å². The zero-order chi connectivity index (χ0) is 20.4. The van der Waals surface area contributed by atoms with Crippen LogP contribution < -0.4 is 19.7 Å².